The molecule has 2 aliphatic carbocycles. The Labute approximate surface area is 740 Å². The molecule has 2 unspecified atom stereocenters. The number of rotatable bonds is 14. The van der Waals surface area contributed by atoms with E-state index in [-0.39, 0.29) is 0 Å². The van der Waals surface area contributed by atoms with Crippen molar-refractivity contribution in [3.8, 4) is 55.9 Å². The van der Waals surface area contributed by atoms with Gasteiger partial charge >= 0.3 is 0 Å². The maximum absolute atomic E-state index is 6.52. The van der Waals surface area contributed by atoms with Crippen molar-refractivity contribution in [3.05, 3.63) is 524 Å². The number of furan rings is 2. The van der Waals surface area contributed by atoms with Crippen molar-refractivity contribution in [1.29, 1.82) is 0 Å². The van der Waals surface area contributed by atoms with Crippen molar-refractivity contribution < 1.29 is 8.83 Å². The van der Waals surface area contributed by atoms with Gasteiger partial charge in [0.1, 0.15) is 28.0 Å². The van der Waals surface area contributed by atoms with Crippen LogP contribution < -0.4 is 9.80 Å². The van der Waals surface area contributed by atoms with Gasteiger partial charge in [0.05, 0.1) is 27.4 Å². The normalized spacial score (nSPS) is 14.3. The van der Waals surface area contributed by atoms with E-state index in [0.29, 0.717) is 0 Å². The molecular weight excluding hydrogens is 1560 g/mol. The van der Waals surface area contributed by atoms with Crippen LogP contribution in [-0.4, -0.2) is 14.1 Å². The standard InChI is InChI=1S/C61H40N2O.C60H39N3O/c1-4-16-41(17-5-1)42-28-31-46(32-29-42)62(48-34-36-53-52-24-12-15-27-59(52)64-60(53)40-48)47-33-35-50-49-22-10-13-25-55(49)61(56(50)39-47,43-18-6-2-7-19-43)44-30-37-58-54(38-44)51-23-11-14-26-57(51)63(58)45-20-8-3-9-21-45;1-4-15-40(16-5-1)41-26-29-45(30-27-41)62(47-32-34-51-50-22-11-13-25-57(50)64-58(51)39-47)46-31-33-49-48-21-10-12-24-54(48)60(55(49)38-46,42-17-6-2-7-18-42)43-28-35-56-53(37-43)52-23-14-36-61-59(52)63(56)44-19-8-3-9-20-44/h1-40H;1-39H. The van der Waals surface area contributed by atoms with E-state index in [9.17, 15) is 0 Å². The van der Waals surface area contributed by atoms with E-state index in [0.717, 1.165) is 106 Å². The zero-order valence-corrected chi connectivity index (χ0v) is 69.7. The molecule has 7 heteroatoms. The van der Waals surface area contributed by atoms with Gasteiger partial charge in [0.15, 0.2) is 0 Å². The number of nitrogens with zero attached hydrogens (tertiary/aromatic N) is 5. The Balaban J connectivity index is 0.000000139. The minimum Gasteiger partial charge on any atom is -0.456 e. The number of benzene rings is 19. The van der Waals surface area contributed by atoms with Crippen molar-refractivity contribution in [3.63, 3.8) is 0 Å². The topological polar surface area (TPSA) is 55.5 Å². The highest BCUT2D eigenvalue weighted by atomic mass is 16.3. The summed E-state index contributed by atoms with van der Waals surface area (Å²) in [4.78, 5) is 9.73. The van der Waals surface area contributed by atoms with Crippen molar-refractivity contribution in [1.82, 2.24) is 14.1 Å². The number of pyridine rings is 1. The van der Waals surface area contributed by atoms with Crippen LogP contribution in [0.1, 0.15) is 44.5 Å². The van der Waals surface area contributed by atoms with Crippen LogP contribution in [0.15, 0.2) is 488 Å². The third kappa shape index (κ3) is 11.6. The molecule has 26 rings (SSSR count). The zero-order chi connectivity index (χ0) is 84.4. The molecule has 24 aromatic rings. The Morgan fingerprint density at radius 3 is 1.04 bits per heavy atom. The van der Waals surface area contributed by atoms with E-state index in [1.165, 1.54) is 116 Å². The van der Waals surface area contributed by atoms with Crippen molar-refractivity contribution in [2.24, 2.45) is 0 Å². The first-order valence-corrected chi connectivity index (χ1v) is 43.9. The number of hydrogen-bond donors (Lipinski definition) is 0. The molecule has 128 heavy (non-hydrogen) atoms. The van der Waals surface area contributed by atoms with Crippen molar-refractivity contribution >= 4 is 122 Å². The lowest BCUT2D eigenvalue weighted by atomic mass is 9.67. The molecule has 2 atom stereocenters. The second-order valence-electron chi connectivity index (χ2n) is 33.5. The predicted octanol–water partition coefficient (Wildman–Crippen LogP) is 31.8. The molecular formula is C121H79N5O2. The second-order valence-corrected chi connectivity index (χ2v) is 33.5. The monoisotopic (exact) mass is 1630 g/mol. The largest absolute Gasteiger partial charge is 0.456 e. The average molecular weight is 1630 g/mol. The van der Waals surface area contributed by atoms with Crippen molar-refractivity contribution in [2.75, 3.05) is 9.80 Å². The fraction of sp³-hybridized carbons (Fsp3) is 0.0165. The summed E-state index contributed by atoms with van der Waals surface area (Å²) in [6.45, 7) is 0. The highest BCUT2D eigenvalue weighted by Gasteiger charge is 2.49. The maximum Gasteiger partial charge on any atom is 0.145 e. The Morgan fingerprint density at radius 2 is 0.547 bits per heavy atom. The summed E-state index contributed by atoms with van der Waals surface area (Å²) in [7, 11) is 0. The molecule has 600 valence electrons. The summed E-state index contributed by atoms with van der Waals surface area (Å²) < 4.78 is 17.7. The van der Waals surface area contributed by atoms with Gasteiger partial charge in [-0.2, -0.15) is 0 Å². The smallest absolute Gasteiger partial charge is 0.145 e. The number of fused-ring (bicyclic) bond motifs is 18. The highest BCUT2D eigenvalue weighted by molar-refractivity contribution is 6.12. The molecule has 0 saturated carbocycles. The van der Waals surface area contributed by atoms with Crippen LogP contribution in [-0.2, 0) is 10.8 Å². The number of anilines is 6. The van der Waals surface area contributed by atoms with Crippen LogP contribution in [0.5, 0.6) is 0 Å². The molecule has 7 nitrogen and oxygen atoms in total. The summed E-state index contributed by atoms with van der Waals surface area (Å²) in [5, 5.41) is 9.20. The minimum atomic E-state index is -0.647. The van der Waals surface area contributed by atoms with Gasteiger partial charge < -0.3 is 23.2 Å². The fourth-order valence-corrected chi connectivity index (χ4v) is 21.2. The molecule has 0 radical (unpaired) electrons. The van der Waals surface area contributed by atoms with Crippen LogP contribution >= 0.6 is 0 Å². The molecule has 0 spiro atoms. The maximum atomic E-state index is 6.52. The number of para-hydroxylation sites is 5. The van der Waals surface area contributed by atoms with Crippen LogP contribution in [0, 0.1) is 0 Å². The number of hydrogen-bond acceptors (Lipinski definition) is 5. The quantitative estimate of drug-likeness (QED) is 0.109. The molecule has 2 aliphatic rings. The third-order valence-electron chi connectivity index (χ3n) is 26.8. The van der Waals surface area contributed by atoms with Gasteiger partial charge in [-0.25, -0.2) is 4.98 Å². The fourth-order valence-electron chi connectivity index (χ4n) is 21.2. The van der Waals surface area contributed by atoms with Crippen molar-refractivity contribution in [2.45, 2.75) is 10.8 Å². The Morgan fingerprint density at radius 1 is 0.203 bits per heavy atom. The molecule has 5 heterocycles. The first-order valence-electron chi connectivity index (χ1n) is 43.9. The lowest BCUT2D eigenvalue weighted by Crippen LogP contribution is -2.28. The molecule has 19 aromatic carbocycles. The summed E-state index contributed by atoms with van der Waals surface area (Å²) >= 11 is 0. The Bertz CT molecular complexity index is 7940. The summed E-state index contributed by atoms with van der Waals surface area (Å²) in [5.41, 5.74) is 34.8. The van der Waals surface area contributed by atoms with E-state index in [2.05, 4.69) is 462 Å². The SMILES string of the molecule is c1ccc(-c2ccc(N(c3ccc4c(c3)C(c3ccccc3)(c3ccc5c(c3)c3ccccc3n5-c3ccccc3)c3ccccc3-4)c3ccc4c(c3)oc3ccccc34)cc2)cc1.c1ccc(-c2ccc(N(c3ccc4c(c3)C(c3ccccc3)(c3ccc5c(c3)c3cccnc3n5-c3ccccc3)c3ccccc3-4)c3ccc4c(c3)oc3ccccc34)cc2)cc1. The minimum absolute atomic E-state index is 0.626. The van der Waals surface area contributed by atoms with E-state index in [1.807, 2.05) is 36.5 Å². The van der Waals surface area contributed by atoms with E-state index < -0.39 is 10.8 Å². The molecule has 0 fully saturated rings. The Hall–Kier alpha value is -16.9. The van der Waals surface area contributed by atoms with Gasteiger partial charge in [0, 0.05) is 107 Å². The predicted molar refractivity (Wildman–Crippen MR) is 529 cm³/mol. The van der Waals surface area contributed by atoms with Crippen LogP contribution in [0.25, 0.3) is 144 Å². The first kappa shape index (κ1) is 73.8. The van der Waals surface area contributed by atoms with Gasteiger partial charge in [0.25, 0.3) is 0 Å². The molecule has 0 saturated heterocycles. The second kappa shape index (κ2) is 30.0. The van der Waals surface area contributed by atoms with Crippen LogP contribution in [0.4, 0.5) is 34.1 Å². The lowest BCUT2D eigenvalue weighted by Gasteiger charge is -2.35. The average Bonchev–Trinajstić information content (AvgIpc) is 1.56. The Kier molecular flexibility index (Phi) is 17.3. The first-order chi connectivity index (χ1) is 63.5. The molecule has 5 aromatic heterocycles. The third-order valence-corrected chi connectivity index (χ3v) is 26.8. The van der Waals surface area contributed by atoms with Crippen LogP contribution in [0.2, 0.25) is 0 Å². The summed E-state index contributed by atoms with van der Waals surface area (Å²) in [6, 6.07) is 172. The van der Waals surface area contributed by atoms with Gasteiger partial charge in [-0.3, -0.25) is 4.57 Å². The molecule has 0 aliphatic heterocycles. The van der Waals surface area contributed by atoms with Gasteiger partial charge in [-0.15, -0.1) is 0 Å². The van der Waals surface area contributed by atoms with Gasteiger partial charge in [0.2, 0.25) is 0 Å². The highest BCUT2D eigenvalue weighted by Crippen LogP contribution is 2.61. The molecule has 0 bridgehead atoms. The van der Waals surface area contributed by atoms with E-state index >= 15 is 0 Å². The molecule has 0 amide bonds. The number of aromatic nitrogens is 3. The van der Waals surface area contributed by atoms with E-state index in [1.54, 1.807) is 0 Å². The summed E-state index contributed by atoms with van der Waals surface area (Å²) in [6.07, 6.45) is 1.89. The van der Waals surface area contributed by atoms with E-state index in [4.69, 9.17) is 13.8 Å². The zero-order valence-electron chi connectivity index (χ0n) is 69.7. The lowest BCUT2D eigenvalue weighted by molar-refractivity contribution is 0.668. The summed E-state index contributed by atoms with van der Waals surface area (Å²) in [5.74, 6) is 0. The molecule has 0 N–H and O–H groups in total. The van der Waals surface area contributed by atoms with Gasteiger partial charge in [-0.1, -0.05) is 309 Å². The van der Waals surface area contributed by atoms with Crippen LogP contribution in [0.3, 0.4) is 0 Å². The van der Waals surface area contributed by atoms with Gasteiger partial charge in [-0.05, 0) is 241 Å².